The number of aliphatic imine (C=N–C) groups is 1. The van der Waals surface area contributed by atoms with Crippen LogP contribution < -0.4 is 0 Å². The van der Waals surface area contributed by atoms with Gasteiger partial charge in [0, 0.05) is 16.4 Å². The van der Waals surface area contributed by atoms with E-state index >= 15 is 0 Å². The quantitative estimate of drug-likeness (QED) is 0.284. The highest BCUT2D eigenvalue weighted by Crippen LogP contribution is 2.68. The molecule has 0 radical (unpaired) electrons. The topological polar surface area (TPSA) is 32.6 Å². The van der Waals surface area contributed by atoms with E-state index in [4.69, 9.17) is 4.99 Å². The summed E-state index contributed by atoms with van der Waals surface area (Å²) >= 11 is 0. The van der Waals surface area contributed by atoms with E-state index in [9.17, 15) is 5.11 Å². The summed E-state index contributed by atoms with van der Waals surface area (Å²) in [5, 5.41) is 16.3. The van der Waals surface area contributed by atoms with Crippen LogP contribution in [0, 0.1) is 5.41 Å². The molecule has 5 rings (SSSR count). The van der Waals surface area contributed by atoms with Crippen LogP contribution in [0.4, 0.5) is 5.69 Å². The lowest BCUT2D eigenvalue weighted by Gasteiger charge is -2.45. The monoisotopic (exact) mass is 481 g/mol. The molecule has 180 valence electrons. The summed E-state index contributed by atoms with van der Waals surface area (Å²) in [4.78, 5) is 5.51. The van der Waals surface area contributed by atoms with E-state index in [-0.39, 0.29) is 16.0 Å². The minimum Gasteiger partial charge on any atom is -0.507 e. The molecule has 1 heterocycles. The second-order valence-corrected chi connectivity index (χ2v) is 14.9. The second-order valence-electron chi connectivity index (χ2n) is 11.9. The first-order valence-electron chi connectivity index (χ1n) is 12.6. The SMILES string of the molecule is CC(C)(C)P1CCC(c2ccc3ccccc3c2O)(C(C)(C)C)C1=Nc1ccc2ccccc2c1. The van der Waals surface area contributed by atoms with E-state index in [0.29, 0.717) is 5.75 Å². The molecule has 0 aliphatic carbocycles. The zero-order valence-electron chi connectivity index (χ0n) is 21.8. The Labute approximate surface area is 210 Å². The van der Waals surface area contributed by atoms with Gasteiger partial charge >= 0.3 is 0 Å². The smallest absolute Gasteiger partial charge is 0.127 e. The molecule has 1 N–H and O–H groups in total. The number of phenols is 1. The molecular formula is C32H36NOP. The van der Waals surface area contributed by atoms with Gasteiger partial charge in [-0.1, -0.05) is 116 Å². The highest BCUT2D eigenvalue weighted by molar-refractivity contribution is 7.77. The molecule has 1 aliphatic heterocycles. The average Bonchev–Trinajstić information content (AvgIpc) is 3.20. The lowest BCUT2D eigenvalue weighted by Crippen LogP contribution is -2.44. The third-order valence-corrected chi connectivity index (χ3v) is 11.0. The van der Waals surface area contributed by atoms with E-state index < -0.39 is 7.92 Å². The van der Waals surface area contributed by atoms with Crippen molar-refractivity contribution in [3.8, 4) is 5.75 Å². The average molecular weight is 482 g/mol. The zero-order valence-corrected chi connectivity index (χ0v) is 22.7. The van der Waals surface area contributed by atoms with E-state index in [1.807, 2.05) is 18.2 Å². The van der Waals surface area contributed by atoms with Gasteiger partial charge in [-0.05, 0) is 51.4 Å². The minimum absolute atomic E-state index is 0.120. The first-order chi connectivity index (χ1) is 16.5. The summed E-state index contributed by atoms with van der Waals surface area (Å²) in [6.45, 7) is 14.0. The number of hydrogen-bond acceptors (Lipinski definition) is 2. The Bertz CT molecular complexity index is 1440. The van der Waals surface area contributed by atoms with Gasteiger partial charge in [-0.3, -0.25) is 4.99 Å². The van der Waals surface area contributed by atoms with Crippen molar-refractivity contribution in [1.82, 2.24) is 0 Å². The zero-order chi connectivity index (χ0) is 25.0. The predicted molar refractivity (Wildman–Crippen MR) is 154 cm³/mol. The van der Waals surface area contributed by atoms with Crippen LogP contribution in [0.25, 0.3) is 21.5 Å². The molecule has 0 saturated carbocycles. The normalized spacial score (nSPS) is 22.3. The van der Waals surface area contributed by atoms with Gasteiger partial charge in [-0.25, -0.2) is 0 Å². The Morgan fingerprint density at radius 2 is 1.40 bits per heavy atom. The van der Waals surface area contributed by atoms with Crippen molar-refractivity contribution in [3.05, 3.63) is 84.4 Å². The van der Waals surface area contributed by atoms with Crippen LogP contribution in [0.3, 0.4) is 0 Å². The van der Waals surface area contributed by atoms with Crippen LogP contribution in [0.15, 0.2) is 83.9 Å². The molecule has 4 aromatic carbocycles. The number of phenolic OH excluding ortho intramolecular Hbond substituents is 1. The fourth-order valence-corrected chi connectivity index (χ4v) is 9.22. The maximum Gasteiger partial charge on any atom is 0.127 e. The largest absolute Gasteiger partial charge is 0.507 e. The van der Waals surface area contributed by atoms with Crippen molar-refractivity contribution in [2.24, 2.45) is 10.4 Å². The number of nitrogens with zero attached hydrogens (tertiary/aromatic N) is 1. The molecule has 1 saturated heterocycles. The predicted octanol–water partition coefficient (Wildman–Crippen LogP) is 9.40. The van der Waals surface area contributed by atoms with Crippen molar-refractivity contribution in [3.63, 3.8) is 0 Å². The molecule has 1 fully saturated rings. The fourth-order valence-electron chi connectivity index (χ4n) is 5.87. The molecule has 0 amide bonds. The summed E-state index contributed by atoms with van der Waals surface area (Å²) in [5.74, 6) is 0.412. The van der Waals surface area contributed by atoms with Gasteiger partial charge in [0.2, 0.25) is 0 Å². The molecule has 4 aromatic rings. The molecule has 0 aromatic heterocycles. The van der Waals surface area contributed by atoms with Crippen LogP contribution in [-0.2, 0) is 5.41 Å². The molecule has 0 spiro atoms. The first-order valence-corrected chi connectivity index (χ1v) is 14.1. The highest BCUT2D eigenvalue weighted by atomic mass is 31.1. The van der Waals surface area contributed by atoms with Gasteiger partial charge in [0.05, 0.1) is 11.1 Å². The van der Waals surface area contributed by atoms with E-state index in [1.165, 1.54) is 16.2 Å². The van der Waals surface area contributed by atoms with Crippen molar-refractivity contribution in [2.75, 3.05) is 6.16 Å². The van der Waals surface area contributed by atoms with E-state index in [2.05, 4.69) is 102 Å². The van der Waals surface area contributed by atoms with E-state index in [1.54, 1.807) is 0 Å². The second kappa shape index (κ2) is 8.45. The van der Waals surface area contributed by atoms with E-state index in [0.717, 1.165) is 34.6 Å². The summed E-state index contributed by atoms with van der Waals surface area (Å²) in [5.41, 5.74) is 2.84. The van der Waals surface area contributed by atoms with Gasteiger partial charge in [0.15, 0.2) is 0 Å². The lowest BCUT2D eigenvalue weighted by atomic mass is 9.61. The Balaban J connectivity index is 1.80. The van der Waals surface area contributed by atoms with Crippen molar-refractivity contribution in [1.29, 1.82) is 0 Å². The molecule has 1 aliphatic rings. The Kier molecular flexibility index (Phi) is 5.80. The molecule has 2 atom stereocenters. The Morgan fingerprint density at radius 1 is 0.771 bits per heavy atom. The number of fused-ring (bicyclic) bond motifs is 2. The van der Waals surface area contributed by atoms with Gasteiger partial charge < -0.3 is 5.11 Å². The summed E-state index contributed by atoms with van der Waals surface area (Å²) in [7, 11) is -0.509. The van der Waals surface area contributed by atoms with Crippen LogP contribution in [-0.4, -0.2) is 21.9 Å². The summed E-state index contributed by atoms with van der Waals surface area (Å²) < 4.78 is 0. The molecule has 2 unspecified atom stereocenters. The first kappa shape index (κ1) is 24.0. The molecule has 35 heavy (non-hydrogen) atoms. The van der Waals surface area contributed by atoms with Gasteiger partial charge in [0.25, 0.3) is 0 Å². The number of aromatic hydroxyl groups is 1. The molecule has 3 heteroatoms. The summed E-state index contributed by atoms with van der Waals surface area (Å²) in [6, 6.07) is 27.5. The van der Waals surface area contributed by atoms with Crippen LogP contribution in [0.1, 0.15) is 53.5 Å². The maximum absolute atomic E-state index is 11.7. The van der Waals surface area contributed by atoms with Crippen molar-refractivity contribution < 1.29 is 5.11 Å². The van der Waals surface area contributed by atoms with Gasteiger partial charge in [-0.15, -0.1) is 0 Å². The van der Waals surface area contributed by atoms with Crippen molar-refractivity contribution >= 4 is 40.6 Å². The molecular weight excluding hydrogens is 445 g/mol. The number of rotatable bonds is 2. The summed E-state index contributed by atoms with van der Waals surface area (Å²) in [6.07, 6.45) is 2.12. The molecule has 2 nitrogen and oxygen atoms in total. The highest BCUT2D eigenvalue weighted by Gasteiger charge is 2.57. The Morgan fingerprint density at radius 3 is 2.09 bits per heavy atom. The van der Waals surface area contributed by atoms with Crippen molar-refractivity contribution in [2.45, 2.75) is 58.5 Å². The standard InChI is InChI=1S/C32H36NOP/c1-30(2,3)32(27-18-16-23-12-9-10-14-26(23)28(27)34)19-20-35(31(4,5)6)29(32)33-25-17-15-22-11-7-8-13-24(22)21-25/h7-18,21,34H,19-20H2,1-6H3. The molecule has 0 bridgehead atoms. The minimum atomic E-state index is -0.509. The maximum atomic E-state index is 11.7. The van der Waals surface area contributed by atoms with Gasteiger partial charge in [-0.2, -0.15) is 0 Å². The van der Waals surface area contributed by atoms with Crippen LogP contribution >= 0.6 is 7.92 Å². The number of benzene rings is 4. The third kappa shape index (κ3) is 3.97. The third-order valence-electron chi connectivity index (χ3n) is 7.77. The number of hydrogen-bond donors (Lipinski definition) is 1. The van der Waals surface area contributed by atoms with Crippen LogP contribution in [0.2, 0.25) is 0 Å². The van der Waals surface area contributed by atoms with Crippen LogP contribution in [0.5, 0.6) is 5.75 Å². The fraction of sp³-hybridized carbons (Fsp3) is 0.344. The Hall–Kier alpha value is -2.70. The lowest BCUT2D eigenvalue weighted by molar-refractivity contribution is 0.254. The van der Waals surface area contributed by atoms with Gasteiger partial charge in [0.1, 0.15) is 5.75 Å².